The van der Waals surface area contributed by atoms with Gasteiger partial charge in [-0.25, -0.2) is 9.37 Å². The smallest absolute Gasteiger partial charge is 0.127 e. The molecule has 3 rings (SSSR count). The van der Waals surface area contributed by atoms with E-state index in [4.69, 9.17) is 5.73 Å². The Balaban J connectivity index is 2.12. The maximum atomic E-state index is 13.4. The van der Waals surface area contributed by atoms with Crippen LogP contribution in [0.15, 0.2) is 42.7 Å². The molecule has 0 saturated carbocycles. The molecular weight excluding hydrogens is 255 g/mol. The lowest BCUT2D eigenvalue weighted by Gasteiger charge is -2.06. The Hall–Kier alpha value is -2.69. The highest BCUT2D eigenvalue weighted by Crippen LogP contribution is 2.25. The van der Waals surface area contributed by atoms with Crippen molar-refractivity contribution in [2.75, 3.05) is 18.1 Å². The third-order valence-corrected chi connectivity index (χ3v) is 3.08. The molecule has 0 aliphatic rings. The molecule has 0 aliphatic carbocycles. The molecule has 0 unspecified atom stereocenters. The number of hydrogen-bond donors (Lipinski definition) is 2. The van der Waals surface area contributed by atoms with Gasteiger partial charge >= 0.3 is 0 Å². The number of aromatic nitrogens is 2. The van der Waals surface area contributed by atoms with E-state index in [1.807, 2.05) is 12.1 Å². The van der Waals surface area contributed by atoms with Crippen LogP contribution in [0, 0.1) is 5.82 Å². The second kappa shape index (κ2) is 4.77. The van der Waals surface area contributed by atoms with Crippen molar-refractivity contribution in [3.8, 4) is 11.1 Å². The number of nitrogens with one attached hydrogen (secondary N) is 1. The zero-order chi connectivity index (χ0) is 14.1. The van der Waals surface area contributed by atoms with Gasteiger partial charge in [0.15, 0.2) is 0 Å². The maximum absolute atomic E-state index is 13.4. The predicted molar refractivity (Wildman–Crippen MR) is 78.9 cm³/mol. The Labute approximate surface area is 115 Å². The molecule has 5 heteroatoms. The number of nitrogens with two attached hydrogens (primary N) is 1. The summed E-state index contributed by atoms with van der Waals surface area (Å²) in [6.07, 6.45) is 3.44. The molecule has 0 bridgehead atoms. The van der Waals surface area contributed by atoms with Gasteiger partial charge in [0.05, 0.1) is 5.52 Å². The first-order chi connectivity index (χ1) is 9.65. The lowest BCUT2D eigenvalue weighted by molar-refractivity contribution is 0.629. The van der Waals surface area contributed by atoms with Gasteiger partial charge in [-0.1, -0.05) is 0 Å². The standard InChI is InChI=1S/C15H13FN4/c1-18-15-6-14-11(8-20-15)2-10(7-19-14)9-3-12(16)5-13(17)4-9/h2-8H,17H2,1H3,(H,18,20). The number of nitrogens with zero attached hydrogens (tertiary/aromatic N) is 2. The largest absolute Gasteiger partial charge is 0.399 e. The zero-order valence-electron chi connectivity index (χ0n) is 10.9. The minimum absolute atomic E-state index is 0.358. The van der Waals surface area contributed by atoms with Crippen LogP contribution in [-0.4, -0.2) is 17.0 Å². The maximum Gasteiger partial charge on any atom is 0.127 e. The summed E-state index contributed by atoms with van der Waals surface area (Å²) in [5.41, 5.74) is 8.40. The van der Waals surface area contributed by atoms with Gasteiger partial charge in [0.2, 0.25) is 0 Å². The van der Waals surface area contributed by atoms with Gasteiger partial charge in [0, 0.05) is 42.1 Å². The van der Waals surface area contributed by atoms with E-state index in [1.54, 1.807) is 25.5 Å². The van der Waals surface area contributed by atoms with E-state index in [1.165, 1.54) is 12.1 Å². The molecule has 0 fully saturated rings. The quantitative estimate of drug-likeness (QED) is 0.701. The number of rotatable bonds is 2. The fourth-order valence-electron chi connectivity index (χ4n) is 2.10. The summed E-state index contributed by atoms with van der Waals surface area (Å²) in [5.74, 6) is 0.400. The first-order valence-corrected chi connectivity index (χ1v) is 6.16. The van der Waals surface area contributed by atoms with Crippen molar-refractivity contribution >= 4 is 22.4 Å². The van der Waals surface area contributed by atoms with Crippen LogP contribution in [0.25, 0.3) is 22.0 Å². The fraction of sp³-hybridized carbons (Fsp3) is 0.0667. The normalized spacial score (nSPS) is 10.7. The van der Waals surface area contributed by atoms with Crippen LogP contribution in [0.3, 0.4) is 0 Å². The second-order valence-electron chi connectivity index (χ2n) is 4.51. The van der Waals surface area contributed by atoms with Crippen LogP contribution in [0.2, 0.25) is 0 Å². The van der Waals surface area contributed by atoms with E-state index in [2.05, 4.69) is 15.3 Å². The summed E-state index contributed by atoms with van der Waals surface area (Å²) in [5, 5.41) is 3.86. The molecule has 3 N–H and O–H groups in total. The Morgan fingerprint density at radius 2 is 1.85 bits per heavy atom. The molecule has 0 amide bonds. The molecule has 0 saturated heterocycles. The van der Waals surface area contributed by atoms with E-state index in [0.29, 0.717) is 11.3 Å². The van der Waals surface area contributed by atoms with Gasteiger partial charge in [0.1, 0.15) is 11.6 Å². The molecule has 100 valence electrons. The number of halogens is 1. The fourth-order valence-corrected chi connectivity index (χ4v) is 2.10. The molecule has 0 atom stereocenters. The van der Waals surface area contributed by atoms with Gasteiger partial charge in [-0.2, -0.15) is 0 Å². The first kappa shape index (κ1) is 12.3. The first-order valence-electron chi connectivity index (χ1n) is 6.16. The minimum Gasteiger partial charge on any atom is -0.399 e. The summed E-state index contributed by atoms with van der Waals surface area (Å²) in [7, 11) is 1.80. The van der Waals surface area contributed by atoms with Crippen LogP contribution in [0.4, 0.5) is 15.9 Å². The Bertz CT molecular complexity index is 766. The summed E-state index contributed by atoms with van der Waals surface area (Å²) in [6.45, 7) is 0. The van der Waals surface area contributed by atoms with Crippen LogP contribution >= 0.6 is 0 Å². The van der Waals surface area contributed by atoms with Gasteiger partial charge in [0.25, 0.3) is 0 Å². The summed E-state index contributed by atoms with van der Waals surface area (Å²) in [4.78, 5) is 8.63. The number of nitrogen functional groups attached to an aromatic ring is 1. The molecule has 0 aliphatic heterocycles. The van der Waals surface area contributed by atoms with E-state index in [0.717, 1.165) is 22.3 Å². The van der Waals surface area contributed by atoms with E-state index in [-0.39, 0.29) is 5.82 Å². The molecule has 20 heavy (non-hydrogen) atoms. The van der Waals surface area contributed by atoms with Crippen LogP contribution in [0.5, 0.6) is 0 Å². The van der Waals surface area contributed by atoms with Crippen molar-refractivity contribution < 1.29 is 4.39 Å². The summed E-state index contributed by atoms with van der Waals surface area (Å²) >= 11 is 0. The molecular formula is C15H13FN4. The Morgan fingerprint density at radius 1 is 1.00 bits per heavy atom. The van der Waals surface area contributed by atoms with E-state index >= 15 is 0 Å². The van der Waals surface area contributed by atoms with Gasteiger partial charge < -0.3 is 11.1 Å². The second-order valence-corrected chi connectivity index (χ2v) is 4.51. The third-order valence-electron chi connectivity index (χ3n) is 3.08. The Kier molecular flexibility index (Phi) is 2.95. The van der Waals surface area contributed by atoms with Crippen LogP contribution < -0.4 is 11.1 Å². The monoisotopic (exact) mass is 268 g/mol. The molecule has 2 heterocycles. The molecule has 3 aromatic rings. The van der Waals surface area contributed by atoms with Crippen molar-refractivity contribution in [2.45, 2.75) is 0 Å². The predicted octanol–water partition coefficient (Wildman–Crippen LogP) is 3.06. The molecule has 0 radical (unpaired) electrons. The number of pyridine rings is 2. The molecule has 4 nitrogen and oxygen atoms in total. The highest BCUT2D eigenvalue weighted by atomic mass is 19.1. The topological polar surface area (TPSA) is 63.8 Å². The third kappa shape index (κ3) is 2.25. The molecule has 0 spiro atoms. The molecule has 1 aromatic carbocycles. The lowest BCUT2D eigenvalue weighted by Crippen LogP contribution is -1.93. The van der Waals surface area contributed by atoms with E-state index < -0.39 is 0 Å². The van der Waals surface area contributed by atoms with Crippen molar-refractivity contribution in [1.29, 1.82) is 0 Å². The van der Waals surface area contributed by atoms with Gasteiger partial charge in [-0.15, -0.1) is 0 Å². The lowest BCUT2D eigenvalue weighted by atomic mass is 10.1. The number of benzene rings is 1. The number of anilines is 2. The van der Waals surface area contributed by atoms with E-state index in [9.17, 15) is 4.39 Å². The van der Waals surface area contributed by atoms with Gasteiger partial charge in [-0.05, 0) is 29.8 Å². The minimum atomic E-state index is -0.358. The van der Waals surface area contributed by atoms with Crippen molar-refractivity contribution in [3.05, 3.63) is 48.5 Å². The highest BCUT2D eigenvalue weighted by molar-refractivity contribution is 5.84. The average molecular weight is 268 g/mol. The van der Waals surface area contributed by atoms with Crippen molar-refractivity contribution in [2.24, 2.45) is 0 Å². The van der Waals surface area contributed by atoms with Gasteiger partial charge in [-0.3, -0.25) is 4.98 Å². The summed E-state index contributed by atoms with van der Waals surface area (Å²) < 4.78 is 13.4. The van der Waals surface area contributed by atoms with Crippen LogP contribution in [-0.2, 0) is 0 Å². The summed E-state index contributed by atoms with van der Waals surface area (Å²) in [6, 6.07) is 8.23. The average Bonchev–Trinajstić information content (AvgIpc) is 2.45. The van der Waals surface area contributed by atoms with Crippen molar-refractivity contribution in [1.82, 2.24) is 9.97 Å². The zero-order valence-corrected chi connectivity index (χ0v) is 10.9. The highest BCUT2D eigenvalue weighted by Gasteiger charge is 2.05. The Morgan fingerprint density at radius 3 is 2.60 bits per heavy atom. The van der Waals surface area contributed by atoms with Crippen LogP contribution in [0.1, 0.15) is 0 Å². The SMILES string of the molecule is CNc1cc2ncc(-c3cc(N)cc(F)c3)cc2cn1. The number of fused-ring (bicyclic) bond motifs is 1. The number of hydrogen-bond acceptors (Lipinski definition) is 4. The van der Waals surface area contributed by atoms with Crippen molar-refractivity contribution in [3.63, 3.8) is 0 Å². The molecule has 2 aromatic heterocycles.